The first kappa shape index (κ1) is 19.6. The van der Waals surface area contributed by atoms with Gasteiger partial charge in [-0.1, -0.05) is 25.1 Å². The van der Waals surface area contributed by atoms with Crippen molar-refractivity contribution in [3.05, 3.63) is 30.3 Å². The maximum Gasteiger partial charge on any atom is 0.361 e. The minimum absolute atomic E-state index is 0.0194. The third-order valence-electron chi connectivity index (χ3n) is 4.64. The summed E-state index contributed by atoms with van der Waals surface area (Å²) in [7, 11) is -5.05. The summed E-state index contributed by atoms with van der Waals surface area (Å²) >= 11 is 0. The molecule has 9 heteroatoms. The van der Waals surface area contributed by atoms with Gasteiger partial charge in [-0.2, -0.15) is 4.31 Å². The Balaban J connectivity index is 2.37. The maximum atomic E-state index is 12.9. The maximum absolute atomic E-state index is 12.9. The standard InChI is InChI=1S/C15H24NO6PS/c1-12-11-16(24(19,20)14-8-6-5-7-9-14)13(2)10-15(12,17)23(18,21-3)22-4/h5-9,12-13,17H,10-11H2,1-4H3/t12-,13+,15+/m0/s1. The summed E-state index contributed by atoms with van der Waals surface area (Å²) < 4.78 is 49.7. The molecule has 0 saturated carbocycles. The number of benzene rings is 1. The van der Waals surface area contributed by atoms with Crippen molar-refractivity contribution in [3.8, 4) is 0 Å². The van der Waals surface area contributed by atoms with Crippen molar-refractivity contribution in [3.63, 3.8) is 0 Å². The van der Waals surface area contributed by atoms with Gasteiger partial charge in [0.15, 0.2) is 5.34 Å². The van der Waals surface area contributed by atoms with E-state index in [-0.39, 0.29) is 17.9 Å². The predicted octanol–water partition coefficient (Wildman–Crippen LogP) is 2.28. The van der Waals surface area contributed by atoms with E-state index in [1.54, 1.807) is 32.0 Å². The third kappa shape index (κ3) is 3.07. The fourth-order valence-electron chi connectivity index (χ4n) is 3.17. The molecule has 1 fully saturated rings. The molecule has 1 aliphatic heterocycles. The Morgan fingerprint density at radius 1 is 1.21 bits per heavy atom. The van der Waals surface area contributed by atoms with Crippen LogP contribution in [0.2, 0.25) is 0 Å². The highest BCUT2D eigenvalue weighted by atomic mass is 32.2. The summed E-state index contributed by atoms with van der Waals surface area (Å²) in [5, 5.41) is 9.21. The molecule has 0 unspecified atom stereocenters. The van der Waals surface area contributed by atoms with Crippen LogP contribution in [-0.4, -0.2) is 50.0 Å². The highest BCUT2D eigenvalue weighted by Gasteiger charge is 2.57. The lowest BCUT2D eigenvalue weighted by Gasteiger charge is -2.47. The van der Waals surface area contributed by atoms with Crippen molar-refractivity contribution in [1.82, 2.24) is 4.31 Å². The quantitative estimate of drug-likeness (QED) is 0.792. The molecule has 1 aromatic rings. The second-order valence-corrected chi connectivity index (χ2v) is 10.5. The van der Waals surface area contributed by atoms with Gasteiger partial charge >= 0.3 is 7.60 Å². The molecule has 0 spiro atoms. The number of piperidine rings is 1. The van der Waals surface area contributed by atoms with Crippen LogP contribution in [0.3, 0.4) is 0 Å². The summed E-state index contributed by atoms with van der Waals surface area (Å²) in [6.07, 6.45) is -0.0425. The average molecular weight is 377 g/mol. The molecular formula is C15H24NO6PS. The minimum Gasteiger partial charge on any atom is -0.377 e. The van der Waals surface area contributed by atoms with E-state index in [2.05, 4.69) is 0 Å². The zero-order valence-electron chi connectivity index (χ0n) is 14.2. The number of hydrogen-bond acceptors (Lipinski definition) is 6. The second kappa shape index (κ2) is 6.86. The van der Waals surface area contributed by atoms with Crippen molar-refractivity contribution >= 4 is 17.6 Å². The normalized spacial score (nSPS) is 29.5. The van der Waals surface area contributed by atoms with E-state index in [1.165, 1.54) is 30.7 Å². The summed E-state index contributed by atoms with van der Waals surface area (Å²) in [4.78, 5) is 0.191. The molecule has 2 rings (SSSR count). The van der Waals surface area contributed by atoms with E-state index in [4.69, 9.17) is 9.05 Å². The first-order chi connectivity index (χ1) is 11.1. The highest BCUT2D eigenvalue weighted by molar-refractivity contribution is 7.89. The Morgan fingerprint density at radius 3 is 2.25 bits per heavy atom. The smallest absolute Gasteiger partial charge is 0.361 e. The first-order valence-electron chi connectivity index (χ1n) is 7.63. The van der Waals surface area contributed by atoms with Crippen molar-refractivity contribution in [2.75, 3.05) is 20.8 Å². The SMILES string of the molecule is COP(=O)(OC)[C@]1(O)C[C@@H](C)N(S(=O)(=O)c2ccccc2)C[C@@H]1C. The van der Waals surface area contributed by atoms with Crippen LogP contribution in [0.5, 0.6) is 0 Å². The molecule has 1 saturated heterocycles. The predicted molar refractivity (Wildman–Crippen MR) is 90.2 cm³/mol. The minimum atomic E-state index is -3.78. The number of rotatable bonds is 5. The van der Waals surface area contributed by atoms with Crippen LogP contribution in [0.15, 0.2) is 35.2 Å². The Morgan fingerprint density at radius 2 is 1.75 bits per heavy atom. The second-order valence-electron chi connectivity index (χ2n) is 6.08. The average Bonchev–Trinajstić information content (AvgIpc) is 2.57. The molecule has 0 aromatic heterocycles. The molecular weight excluding hydrogens is 353 g/mol. The molecule has 1 heterocycles. The van der Waals surface area contributed by atoms with Gasteiger partial charge in [-0.25, -0.2) is 8.42 Å². The van der Waals surface area contributed by atoms with Gasteiger partial charge in [0, 0.05) is 39.1 Å². The fraction of sp³-hybridized carbons (Fsp3) is 0.600. The van der Waals surface area contributed by atoms with Gasteiger partial charge in [0.1, 0.15) is 0 Å². The molecule has 136 valence electrons. The van der Waals surface area contributed by atoms with E-state index >= 15 is 0 Å². The van der Waals surface area contributed by atoms with Gasteiger partial charge in [-0.15, -0.1) is 0 Å². The van der Waals surface area contributed by atoms with Crippen LogP contribution in [0.1, 0.15) is 20.3 Å². The Hall–Kier alpha value is -0.760. The molecule has 1 aliphatic rings. The van der Waals surface area contributed by atoms with Gasteiger partial charge in [-0.3, -0.25) is 4.57 Å². The molecule has 0 amide bonds. The summed E-state index contributed by atoms with van der Waals surface area (Å²) in [5.74, 6) is -0.627. The van der Waals surface area contributed by atoms with Gasteiger partial charge in [0.2, 0.25) is 10.0 Å². The molecule has 24 heavy (non-hydrogen) atoms. The van der Waals surface area contributed by atoms with Gasteiger partial charge in [0.05, 0.1) is 4.90 Å². The Bertz CT molecular complexity index is 717. The first-order valence-corrected chi connectivity index (χ1v) is 10.6. The number of aliphatic hydroxyl groups is 1. The fourth-order valence-corrected chi connectivity index (χ4v) is 6.80. The van der Waals surface area contributed by atoms with E-state index in [9.17, 15) is 18.1 Å². The van der Waals surface area contributed by atoms with Crippen LogP contribution >= 0.6 is 7.60 Å². The Labute approximate surface area is 143 Å². The van der Waals surface area contributed by atoms with Gasteiger partial charge < -0.3 is 14.2 Å². The van der Waals surface area contributed by atoms with Crippen LogP contribution in [0.25, 0.3) is 0 Å². The molecule has 7 nitrogen and oxygen atoms in total. The van der Waals surface area contributed by atoms with Gasteiger partial charge in [-0.05, 0) is 19.1 Å². The molecule has 1 N–H and O–H groups in total. The van der Waals surface area contributed by atoms with Crippen LogP contribution < -0.4 is 0 Å². The van der Waals surface area contributed by atoms with Crippen molar-refractivity contribution < 1.29 is 27.1 Å². The Kier molecular flexibility index (Phi) is 5.59. The number of sulfonamides is 1. The molecule has 0 bridgehead atoms. The molecule has 0 radical (unpaired) electrons. The third-order valence-corrected chi connectivity index (χ3v) is 9.16. The van der Waals surface area contributed by atoms with E-state index < -0.39 is 34.9 Å². The number of nitrogens with zero attached hydrogens (tertiary/aromatic N) is 1. The van der Waals surface area contributed by atoms with Crippen molar-refractivity contribution in [2.24, 2.45) is 5.92 Å². The van der Waals surface area contributed by atoms with Crippen LogP contribution in [-0.2, 0) is 23.6 Å². The lowest BCUT2D eigenvalue weighted by Crippen LogP contribution is -2.56. The lowest BCUT2D eigenvalue weighted by atomic mass is 9.93. The lowest BCUT2D eigenvalue weighted by molar-refractivity contribution is -0.0225. The van der Waals surface area contributed by atoms with Crippen LogP contribution in [0.4, 0.5) is 0 Å². The number of hydrogen-bond donors (Lipinski definition) is 1. The zero-order valence-corrected chi connectivity index (χ0v) is 16.0. The van der Waals surface area contributed by atoms with E-state index in [0.29, 0.717) is 0 Å². The highest BCUT2D eigenvalue weighted by Crippen LogP contribution is 2.64. The topological polar surface area (TPSA) is 93.1 Å². The molecule has 1 aromatic carbocycles. The zero-order chi connectivity index (χ0) is 18.2. The van der Waals surface area contributed by atoms with Crippen molar-refractivity contribution in [1.29, 1.82) is 0 Å². The summed E-state index contributed by atoms with van der Waals surface area (Å²) in [5.41, 5.74) is 0. The summed E-state index contributed by atoms with van der Waals surface area (Å²) in [6, 6.07) is 7.56. The van der Waals surface area contributed by atoms with Crippen molar-refractivity contribution in [2.45, 2.75) is 36.5 Å². The monoisotopic (exact) mass is 377 g/mol. The largest absolute Gasteiger partial charge is 0.377 e. The van der Waals surface area contributed by atoms with Gasteiger partial charge in [0.25, 0.3) is 0 Å². The van der Waals surface area contributed by atoms with Crippen LogP contribution in [0, 0.1) is 5.92 Å². The molecule has 3 atom stereocenters. The van der Waals surface area contributed by atoms with E-state index in [1.807, 2.05) is 0 Å². The summed E-state index contributed by atoms with van der Waals surface area (Å²) in [6.45, 7) is 3.34. The molecule has 0 aliphatic carbocycles. The van der Waals surface area contributed by atoms with E-state index in [0.717, 1.165) is 0 Å².